The number of phenols is 1. The fraction of sp³-hybridized carbons (Fsp3) is 0.533. The average molecular weight is 278 g/mol. The van der Waals surface area contributed by atoms with Gasteiger partial charge in [0.15, 0.2) is 0 Å². The van der Waals surface area contributed by atoms with Crippen molar-refractivity contribution in [3.05, 3.63) is 18.2 Å². The number of methoxy groups -OCH3 is 1. The number of hydrogen-bond donors (Lipinski definition) is 3. The molecule has 110 valence electrons. The molecule has 2 unspecified atom stereocenters. The number of carbonyl (C=O) groups is 1. The Balaban J connectivity index is 2.03. The number of rotatable bonds is 4. The van der Waals surface area contributed by atoms with Gasteiger partial charge in [-0.25, -0.2) is 0 Å². The molecule has 3 N–H and O–H groups in total. The van der Waals surface area contributed by atoms with Gasteiger partial charge in [0.2, 0.25) is 5.91 Å². The van der Waals surface area contributed by atoms with E-state index in [0.717, 1.165) is 25.8 Å². The third kappa shape index (κ3) is 3.42. The van der Waals surface area contributed by atoms with Crippen LogP contribution in [-0.4, -0.2) is 30.7 Å². The third-order valence-corrected chi connectivity index (χ3v) is 3.87. The van der Waals surface area contributed by atoms with Crippen LogP contribution in [0.2, 0.25) is 0 Å². The summed E-state index contributed by atoms with van der Waals surface area (Å²) in [4.78, 5) is 12.3. The van der Waals surface area contributed by atoms with Gasteiger partial charge in [0.25, 0.3) is 0 Å². The molecule has 0 radical (unpaired) electrons. The summed E-state index contributed by atoms with van der Waals surface area (Å²) in [7, 11) is 1.55. The summed E-state index contributed by atoms with van der Waals surface area (Å²) in [6.07, 6.45) is 3.05. The van der Waals surface area contributed by atoms with Crippen LogP contribution in [0.15, 0.2) is 18.2 Å². The van der Waals surface area contributed by atoms with Gasteiger partial charge >= 0.3 is 0 Å². The van der Waals surface area contributed by atoms with E-state index >= 15 is 0 Å². The van der Waals surface area contributed by atoms with Crippen molar-refractivity contribution in [3.63, 3.8) is 0 Å². The number of benzene rings is 1. The normalized spacial score (nSPS) is 22.3. The van der Waals surface area contributed by atoms with E-state index in [4.69, 9.17) is 4.74 Å². The van der Waals surface area contributed by atoms with Gasteiger partial charge in [0, 0.05) is 6.07 Å². The second-order valence-electron chi connectivity index (χ2n) is 5.18. The number of hydrogen-bond acceptors (Lipinski definition) is 4. The summed E-state index contributed by atoms with van der Waals surface area (Å²) >= 11 is 0. The fourth-order valence-corrected chi connectivity index (χ4v) is 2.53. The summed E-state index contributed by atoms with van der Waals surface area (Å²) in [5.41, 5.74) is 0.384. The summed E-state index contributed by atoms with van der Waals surface area (Å²) in [5, 5.41) is 15.8. The van der Waals surface area contributed by atoms with E-state index in [-0.39, 0.29) is 17.7 Å². The van der Waals surface area contributed by atoms with Crippen molar-refractivity contribution in [1.82, 2.24) is 5.32 Å². The lowest BCUT2D eigenvalue weighted by molar-refractivity contribution is -0.119. The van der Waals surface area contributed by atoms with Crippen LogP contribution in [0.25, 0.3) is 0 Å². The molecule has 1 aliphatic heterocycles. The van der Waals surface area contributed by atoms with Gasteiger partial charge in [-0.15, -0.1) is 0 Å². The van der Waals surface area contributed by atoms with Crippen LogP contribution in [0, 0.1) is 5.92 Å². The maximum Gasteiger partial charge on any atom is 0.241 e. The number of aromatic hydroxyl groups is 1. The molecule has 0 bridgehead atoms. The maximum absolute atomic E-state index is 12.3. The zero-order valence-electron chi connectivity index (χ0n) is 12.0. The summed E-state index contributed by atoms with van der Waals surface area (Å²) < 4.78 is 5.09. The van der Waals surface area contributed by atoms with Crippen LogP contribution in [0.4, 0.5) is 5.69 Å². The molecule has 1 aromatic carbocycles. The predicted molar refractivity (Wildman–Crippen MR) is 78.1 cm³/mol. The highest BCUT2D eigenvalue weighted by molar-refractivity contribution is 5.96. The SMILES string of the molecule is CCC1CCNC(C(=O)Nc2cc(OC)ccc2O)C1. The molecular weight excluding hydrogens is 256 g/mol. The highest BCUT2D eigenvalue weighted by atomic mass is 16.5. The van der Waals surface area contributed by atoms with Gasteiger partial charge < -0.3 is 20.5 Å². The summed E-state index contributed by atoms with van der Waals surface area (Å²) in [6.45, 7) is 3.01. The second-order valence-corrected chi connectivity index (χ2v) is 5.18. The van der Waals surface area contributed by atoms with E-state index in [9.17, 15) is 9.90 Å². The van der Waals surface area contributed by atoms with Crippen molar-refractivity contribution in [2.45, 2.75) is 32.2 Å². The van der Waals surface area contributed by atoms with E-state index in [1.54, 1.807) is 19.2 Å². The lowest BCUT2D eigenvalue weighted by Crippen LogP contribution is -2.46. The predicted octanol–water partition coefficient (Wildman–Crippen LogP) is 2.12. The first-order valence-corrected chi connectivity index (χ1v) is 7.05. The number of ether oxygens (including phenoxy) is 1. The van der Waals surface area contributed by atoms with Crippen LogP contribution in [-0.2, 0) is 4.79 Å². The molecule has 1 aromatic rings. The average Bonchev–Trinajstić information content (AvgIpc) is 2.49. The van der Waals surface area contributed by atoms with Gasteiger partial charge in [0.1, 0.15) is 11.5 Å². The highest BCUT2D eigenvalue weighted by Crippen LogP contribution is 2.28. The zero-order valence-corrected chi connectivity index (χ0v) is 12.0. The van der Waals surface area contributed by atoms with Crippen LogP contribution >= 0.6 is 0 Å². The van der Waals surface area contributed by atoms with Crippen LogP contribution in [0.3, 0.4) is 0 Å². The molecule has 0 spiro atoms. The molecule has 0 saturated carbocycles. The first kappa shape index (κ1) is 14.7. The molecule has 1 aliphatic rings. The summed E-state index contributed by atoms with van der Waals surface area (Å²) in [6, 6.07) is 4.58. The Morgan fingerprint density at radius 2 is 2.35 bits per heavy atom. The van der Waals surface area contributed by atoms with Crippen LogP contribution in [0.1, 0.15) is 26.2 Å². The number of amides is 1. The van der Waals surface area contributed by atoms with E-state index in [1.807, 2.05) is 0 Å². The van der Waals surface area contributed by atoms with Gasteiger partial charge in [-0.3, -0.25) is 4.79 Å². The second kappa shape index (κ2) is 6.61. The first-order valence-electron chi connectivity index (χ1n) is 7.05. The number of phenolic OH excluding ortho intramolecular Hbond substituents is 1. The van der Waals surface area contributed by atoms with Gasteiger partial charge in [0.05, 0.1) is 18.8 Å². The quantitative estimate of drug-likeness (QED) is 0.738. The molecule has 1 fully saturated rings. The minimum absolute atomic E-state index is 0.0435. The Morgan fingerprint density at radius 1 is 1.55 bits per heavy atom. The van der Waals surface area contributed by atoms with Crippen molar-refractivity contribution in [3.8, 4) is 11.5 Å². The largest absolute Gasteiger partial charge is 0.506 e. The summed E-state index contributed by atoms with van der Waals surface area (Å²) in [5.74, 6) is 1.13. The lowest BCUT2D eigenvalue weighted by Gasteiger charge is -2.28. The van der Waals surface area contributed by atoms with Crippen molar-refractivity contribution >= 4 is 11.6 Å². The topological polar surface area (TPSA) is 70.6 Å². The molecule has 0 aliphatic carbocycles. The Hall–Kier alpha value is -1.75. The molecule has 1 heterocycles. The Kier molecular flexibility index (Phi) is 4.84. The van der Waals surface area contributed by atoms with Gasteiger partial charge in [-0.1, -0.05) is 13.3 Å². The fourth-order valence-electron chi connectivity index (χ4n) is 2.53. The van der Waals surface area contributed by atoms with Gasteiger partial charge in [-0.05, 0) is 37.4 Å². The third-order valence-electron chi connectivity index (χ3n) is 3.87. The molecule has 5 nitrogen and oxygen atoms in total. The van der Waals surface area contributed by atoms with E-state index in [0.29, 0.717) is 17.4 Å². The molecule has 2 atom stereocenters. The Bertz CT molecular complexity index is 476. The molecule has 20 heavy (non-hydrogen) atoms. The minimum atomic E-state index is -0.195. The molecular formula is C15H22N2O3. The zero-order chi connectivity index (χ0) is 14.5. The van der Waals surface area contributed by atoms with E-state index in [2.05, 4.69) is 17.6 Å². The lowest BCUT2D eigenvalue weighted by atomic mass is 9.90. The minimum Gasteiger partial charge on any atom is -0.506 e. The number of piperidine rings is 1. The molecule has 1 saturated heterocycles. The monoisotopic (exact) mass is 278 g/mol. The number of carbonyl (C=O) groups excluding carboxylic acids is 1. The molecule has 1 amide bonds. The maximum atomic E-state index is 12.3. The molecule has 0 aromatic heterocycles. The number of anilines is 1. The number of nitrogens with one attached hydrogen (secondary N) is 2. The van der Waals surface area contributed by atoms with Crippen LogP contribution in [0.5, 0.6) is 11.5 Å². The van der Waals surface area contributed by atoms with Crippen molar-refractivity contribution in [2.24, 2.45) is 5.92 Å². The van der Waals surface area contributed by atoms with Crippen molar-refractivity contribution in [2.75, 3.05) is 19.0 Å². The Labute approximate surface area is 119 Å². The molecule has 5 heteroatoms. The smallest absolute Gasteiger partial charge is 0.241 e. The highest BCUT2D eigenvalue weighted by Gasteiger charge is 2.26. The first-order chi connectivity index (χ1) is 9.63. The Morgan fingerprint density at radius 3 is 3.05 bits per heavy atom. The van der Waals surface area contributed by atoms with E-state index < -0.39 is 0 Å². The van der Waals surface area contributed by atoms with Crippen LogP contribution < -0.4 is 15.4 Å². The van der Waals surface area contributed by atoms with Crippen molar-refractivity contribution in [1.29, 1.82) is 0 Å². The van der Waals surface area contributed by atoms with E-state index in [1.165, 1.54) is 6.07 Å². The van der Waals surface area contributed by atoms with Crippen molar-refractivity contribution < 1.29 is 14.6 Å². The standard InChI is InChI=1S/C15H22N2O3/c1-3-10-6-7-16-13(8-10)15(19)17-12-9-11(20-2)4-5-14(12)18/h4-5,9-10,13,16,18H,3,6-8H2,1-2H3,(H,17,19). The van der Waals surface area contributed by atoms with Gasteiger partial charge in [-0.2, -0.15) is 0 Å². The molecule has 2 rings (SSSR count).